The van der Waals surface area contributed by atoms with Crippen molar-refractivity contribution in [1.82, 2.24) is 72.9 Å². The molecule has 1 saturated carbocycles. The van der Waals surface area contributed by atoms with Crippen molar-refractivity contribution < 1.29 is 67.1 Å². The molecule has 12 amide bonds. The summed E-state index contributed by atoms with van der Waals surface area (Å²) in [7, 11) is 0. The van der Waals surface area contributed by atoms with E-state index < -0.39 is 137 Å². The fourth-order valence-electron chi connectivity index (χ4n) is 18.0. The molecule has 35 heteroatoms. The number of para-hydroxylation sites is 2. The van der Waals surface area contributed by atoms with Crippen molar-refractivity contribution in [3.63, 3.8) is 0 Å². The summed E-state index contributed by atoms with van der Waals surface area (Å²) < 4.78 is 0. The fourth-order valence-corrected chi connectivity index (χ4v) is 18.0. The number of H-pyrrole nitrogens is 2. The van der Waals surface area contributed by atoms with Crippen molar-refractivity contribution in [2.75, 3.05) is 45.8 Å². The molecule has 0 spiro atoms. The van der Waals surface area contributed by atoms with Crippen LogP contribution in [0.4, 0.5) is 0 Å². The molecule has 0 radical (unpaired) electrons. The molecule has 5 aliphatic rings. The number of ketones is 2. The highest BCUT2D eigenvalue weighted by Crippen LogP contribution is 2.31. The number of unbranched alkanes of at least 4 members (excludes halogenated alkanes) is 2. The number of nitrogens with zero attached hydrogens (tertiary/aromatic N) is 4. The number of carbonyl (C=O) groups excluding carboxylic acids is 14. The number of guanidine groups is 2. The molecule has 4 aliphatic heterocycles. The molecule has 35 nitrogen and oxygen atoms in total. The zero-order valence-electron chi connectivity index (χ0n) is 74.2. The van der Waals surface area contributed by atoms with E-state index in [0.717, 1.165) is 76.2 Å². The van der Waals surface area contributed by atoms with Gasteiger partial charge in [0.15, 0.2) is 23.5 Å². The predicted molar refractivity (Wildman–Crippen MR) is 490 cm³/mol. The number of nitrogens with one attached hydrogen (secondary N) is 12. The molecule has 0 bridgehead atoms. The zero-order valence-corrected chi connectivity index (χ0v) is 74.2. The third-order valence-electron chi connectivity index (χ3n) is 24.8. The molecule has 4 aromatic carbocycles. The monoisotopic (exact) mass is 1780 g/mol. The Morgan fingerprint density at radius 3 is 1.32 bits per heavy atom. The molecular weight excluding hydrogens is 1650 g/mol. The van der Waals surface area contributed by atoms with Crippen LogP contribution in [0.1, 0.15) is 190 Å². The Labute approximate surface area is 752 Å². The van der Waals surface area contributed by atoms with Crippen LogP contribution in [0.25, 0.3) is 21.8 Å². The second kappa shape index (κ2) is 50.3. The number of aromatic amines is 2. The van der Waals surface area contributed by atoms with E-state index in [0.29, 0.717) is 83.7 Å². The smallest absolute Gasteiger partial charge is 0.245 e. The predicted octanol–water partition coefficient (Wildman–Crippen LogP) is 3.37. The summed E-state index contributed by atoms with van der Waals surface area (Å²) >= 11 is 0. The van der Waals surface area contributed by atoms with Crippen LogP contribution in [0.3, 0.4) is 0 Å². The Morgan fingerprint density at radius 2 is 0.860 bits per heavy atom. The molecule has 22 N–H and O–H groups in total. The SMILES string of the molecule is CC(=O)N[C@@H](Cc1ccccc1)C(=O)N[C@H]1CCCNC(=O)[C@H](CCCCN=C(N)N)CC(=O)[C@H](Cc2c[nH]c3ccccc23)NC(=O)[C@@H](CC2CCCCC2)NC(=O)[C@@H]2CCCN2C1=O.CC(=O)N[C@@H](Cc1ccccc1)C(=O)N[C@H]1CCCNC(=O)[C@H](CCCN=C(N)N)CC(=O)[C@H](Cc2c[nH]c3ccccc23)NC(=O)[C@@H](CCCCN)NC(=O)[C@@H]2CCCN2C1=O. The van der Waals surface area contributed by atoms with Gasteiger partial charge in [-0.1, -0.05) is 136 Å². The van der Waals surface area contributed by atoms with Crippen LogP contribution in [0.15, 0.2) is 132 Å². The van der Waals surface area contributed by atoms with E-state index >= 15 is 0 Å². The van der Waals surface area contributed by atoms with Crippen LogP contribution in [-0.4, -0.2) is 220 Å². The minimum absolute atomic E-state index is 0.0389. The van der Waals surface area contributed by atoms with Gasteiger partial charge in [-0.3, -0.25) is 77.1 Å². The third kappa shape index (κ3) is 30.3. The maximum Gasteiger partial charge on any atom is 0.245 e. The molecule has 6 aromatic rings. The first-order valence-corrected chi connectivity index (χ1v) is 45.8. The van der Waals surface area contributed by atoms with Crippen molar-refractivity contribution >= 4 is 116 Å². The Hall–Kier alpha value is -12.6. The number of carbonyl (C=O) groups is 14. The molecular formula is C94H131N21O14. The maximum atomic E-state index is 14.7. The van der Waals surface area contributed by atoms with Gasteiger partial charge in [-0.25, -0.2) is 0 Å². The van der Waals surface area contributed by atoms with Crippen molar-refractivity contribution in [3.05, 3.63) is 144 Å². The molecule has 6 heterocycles. The summed E-state index contributed by atoms with van der Waals surface area (Å²) in [6.07, 6.45) is 14.9. The number of aliphatic imine (C=N–C) groups is 2. The Bertz CT molecular complexity index is 4870. The second-order valence-electron chi connectivity index (χ2n) is 34.6. The van der Waals surface area contributed by atoms with E-state index in [1.54, 1.807) is 6.20 Å². The maximum absolute atomic E-state index is 14.7. The summed E-state index contributed by atoms with van der Waals surface area (Å²) in [5.41, 5.74) is 32.9. The summed E-state index contributed by atoms with van der Waals surface area (Å²) in [4.78, 5) is 214. The van der Waals surface area contributed by atoms with Crippen LogP contribution in [0.2, 0.25) is 0 Å². The van der Waals surface area contributed by atoms with Crippen molar-refractivity contribution in [1.29, 1.82) is 0 Å². The summed E-state index contributed by atoms with van der Waals surface area (Å²) in [5, 5.41) is 30.7. The van der Waals surface area contributed by atoms with E-state index in [4.69, 9.17) is 28.7 Å². The highest BCUT2D eigenvalue weighted by atomic mass is 16.2. The summed E-state index contributed by atoms with van der Waals surface area (Å²) in [5.74, 6) is -8.09. The van der Waals surface area contributed by atoms with Gasteiger partial charge in [0.05, 0.1) is 12.1 Å². The lowest BCUT2D eigenvalue weighted by atomic mass is 9.84. The molecule has 11 rings (SSSR count). The van der Waals surface area contributed by atoms with Gasteiger partial charge in [0.25, 0.3) is 0 Å². The second-order valence-corrected chi connectivity index (χ2v) is 34.6. The normalized spacial score (nSPS) is 22.8. The number of rotatable bonds is 29. The number of Topliss-reactive ketones (excluding diaryl/α,β-unsaturated/α-hetero) is 2. The third-order valence-corrected chi connectivity index (χ3v) is 24.8. The van der Waals surface area contributed by atoms with Crippen LogP contribution >= 0.6 is 0 Å². The first kappa shape index (κ1) is 98.6. The van der Waals surface area contributed by atoms with Crippen LogP contribution < -0.4 is 81.8 Å². The van der Waals surface area contributed by atoms with Gasteiger partial charge in [-0.2, -0.15) is 0 Å². The van der Waals surface area contributed by atoms with Gasteiger partial charge in [0.2, 0.25) is 70.9 Å². The number of nitrogens with two attached hydrogens (primary N) is 5. The number of aromatic nitrogens is 2. The number of hydrogen-bond acceptors (Lipinski definition) is 17. The zero-order chi connectivity index (χ0) is 92.3. The Balaban J connectivity index is 0.000000269. The fraction of sp³-hybridized carbons (Fsp3) is 0.532. The van der Waals surface area contributed by atoms with Gasteiger partial charge >= 0.3 is 0 Å². The molecule has 696 valence electrons. The lowest BCUT2D eigenvalue weighted by Crippen LogP contribution is -2.59. The molecule has 2 aromatic heterocycles. The molecule has 5 fully saturated rings. The largest absolute Gasteiger partial charge is 0.370 e. The first-order valence-electron chi connectivity index (χ1n) is 45.8. The number of hydrogen-bond donors (Lipinski definition) is 17. The number of amides is 12. The minimum Gasteiger partial charge on any atom is -0.370 e. The van der Waals surface area contributed by atoms with E-state index in [2.05, 4.69) is 73.1 Å². The van der Waals surface area contributed by atoms with Gasteiger partial charge in [-0.15, -0.1) is 0 Å². The van der Waals surface area contributed by atoms with E-state index in [1.807, 2.05) is 115 Å². The topological polar surface area (TPSA) is 552 Å². The van der Waals surface area contributed by atoms with Gasteiger partial charge in [0.1, 0.15) is 48.3 Å². The molecule has 12 atom stereocenters. The van der Waals surface area contributed by atoms with E-state index in [9.17, 15) is 67.1 Å². The van der Waals surface area contributed by atoms with Crippen LogP contribution in [-0.2, 0) is 92.8 Å². The summed E-state index contributed by atoms with van der Waals surface area (Å²) in [6.45, 7) is 4.27. The quantitative estimate of drug-likeness (QED) is 0.0182. The molecule has 0 unspecified atom stereocenters. The van der Waals surface area contributed by atoms with Gasteiger partial charge in [-0.05, 0) is 150 Å². The van der Waals surface area contributed by atoms with E-state index in [-0.39, 0.29) is 145 Å². The van der Waals surface area contributed by atoms with Crippen LogP contribution in [0.5, 0.6) is 0 Å². The summed E-state index contributed by atoms with van der Waals surface area (Å²) in [6, 6.07) is 23.4. The standard InChI is InChI=1S/C49H68N10O7.C45H63N11O7/c1-31(60)55-40(26-32-14-4-2-5-15-32)45(63)56-38-21-12-24-52-44(62)34(18-10-11-23-53-49(50)51)29-43(61)39(28-35-30-54-37-20-9-8-19-36(35)37)57-46(64)41(27-33-16-6-3-7-17-33)58-47(65)42-22-13-25-59(42)48(38)66;1-28(57)52-37(24-29-12-3-2-4-13-29)42(61)54-35-18-10-21-49-40(59)30(14-9-22-50-45(47)48)26-39(58)36(25-31-27-51-33-16-6-5-15-32(31)33)55-41(60)34(17-7-8-20-46)53-43(62)38-19-11-23-56(38)44(35)63/h2,4-5,8-9,14-15,19-20,30,33-34,38-42,54H,3,6-7,10-13,16-18,21-29H2,1H3,(H,52,62)(H,55,60)(H,56,63)(H,57,64)(H,58,65)(H4,50,51,53);2-6,12-13,15-16,27,30,34-38,51H,7-11,14,17-26,46H2,1H3,(H,49,59)(H,52,57)(H,53,62)(H,54,61)(H,55,60)(H4,47,48,50)/t34-,38+,39+,40+,41-,42+;30-,34-,35+,36+,37+,38+/m11/s1. The van der Waals surface area contributed by atoms with Crippen molar-refractivity contribution in [2.24, 2.45) is 56.4 Å². The van der Waals surface area contributed by atoms with Crippen molar-refractivity contribution in [3.8, 4) is 0 Å². The Kier molecular flexibility index (Phi) is 38.4. The molecule has 4 saturated heterocycles. The lowest BCUT2D eigenvalue weighted by molar-refractivity contribution is -0.142. The lowest BCUT2D eigenvalue weighted by Gasteiger charge is -2.32. The number of fused-ring (bicyclic) bond motifs is 4. The van der Waals surface area contributed by atoms with Crippen molar-refractivity contribution in [2.45, 2.75) is 254 Å². The highest BCUT2D eigenvalue weighted by Gasteiger charge is 2.44. The minimum atomic E-state index is -1.13. The molecule has 1 aliphatic carbocycles. The average Bonchev–Trinajstić information content (AvgIpc) is 1.76. The van der Waals surface area contributed by atoms with Gasteiger partial charge < -0.3 is 102 Å². The first-order chi connectivity index (χ1) is 62.2. The number of benzene rings is 4. The van der Waals surface area contributed by atoms with Crippen LogP contribution in [0, 0.1) is 17.8 Å². The Morgan fingerprint density at radius 1 is 0.442 bits per heavy atom. The highest BCUT2D eigenvalue weighted by molar-refractivity contribution is 6.01. The van der Waals surface area contributed by atoms with Gasteiger partial charge in [0, 0.05) is 138 Å². The average molecular weight is 1780 g/mol. The van der Waals surface area contributed by atoms with E-state index in [1.165, 1.54) is 23.6 Å². The molecule has 129 heavy (non-hydrogen) atoms.